The number of pyridine rings is 1. The van der Waals surface area contributed by atoms with Crippen LogP contribution in [-0.4, -0.2) is 27.6 Å². The van der Waals surface area contributed by atoms with E-state index in [0.717, 1.165) is 5.01 Å². The molecule has 2 aromatic rings. The first-order valence-electron chi connectivity index (χ1n) is 5.47. The fourth-order valence-corrected chi connectivity index (χ4v) is 2.19. The van der Waals surface area contributed by atoms with Gasteiger partial charge < -0.3 is 10.4 Å². The number of thiazole rings is 1. The Morgan fingerprint density at radius 3 is 3.11 bits per heavy atom. The van der Waals surface area contributed by atoms with E-state index in [0.29, 0.717) is 24.3 Å². The normalized spacial score (nSPS) is 9.84. The summed E-state index contributed by atoms with van der Waals surface area (Å²) < 4.78 is 0. The van der Waals surface area contributed by atoms with Crippen molar-refractivity contribution in [2.24, 2.45) is 0 Å². The molecule has 96 valence electrons. The molecule has 0 aliphatic rings. The summed E-state index contributed by atoms with van der Waals surface area (Å²) in [6, 6.07) is 5.32. The minimum absolute atomic E-state index is 0.0737. The molecule has 0 spiro atoms. The molecule has 0 aliphatic heterocycles. The van der Waals surface area contributed by atoms with Gasteiger partial charge in [-0.1, -0.05) is 0 Å². The predicted molar refractivity (Wildman–Crippen MR) is 70.2 cm³/mol. The van der Waals surface area contributed by atoms with Crippen LogP contribution in [0.4, 0.5) is 5.82 Å². The standard InChI is InChI=1S/C12H10N4O2S/c13-6-8-1-3-14-10(5-8)15-4-2-11-16-9(7-19-11)12(17)18/h1,3,5,7H,2,4H2,(H,14,15)(H,17,18). The van der Waals surface area contributed by atoms with Crippen LogP contribution in [0.3, 0.4) is 0 Å². The zero-order valence-corrected chi connectivity index (χ0v) is 10.6. The molecule has 0 fully saturated rings. The molecule has 19 heavy (non-hydrogen) atoms. The Balaban J connectivity index is 1.89. The third-order valence-corrected chi connectivity index (χ3v) is 3.21. The van der Waals surface area contributed by atoms with Gasteiger partial charge in [-0.2, -0.15) is 5.26 Å². The maximum atomic E-state index is 10.7. The number of carboxylic acid groups (broad SMARTS) is 1. The summed E-state index contributed by atoms with van der Waals surface area (Å²) in [4.78, 5) is 18.7. The van der Waals surface area contributed by atoms with Crippen LogP contribution in [0.5, 0.6) is 0 Å². The van der Waals surface area contributed by atoms with Gasteiger partial charge >= 0.3 is 5.97 Å². The molecule has 2 N–H and O–H groups in total. The fraction of sp³-hybridized carbons (Fsp3) is 0.167. The van der Waals surface area contributed by atoms with Gasteiger partial charge in [0.15, 0.2) is 5.69 Å². The van der Waals surface area contributed by atoms with E-state index < -0.39 is 5.97 Å². The van der Waals surface area contributed by atoms with Crippen LogP contribution in [0, 0.1) is 11.3 Å². The molecule has 2 rings (SSSR count). The number of carboxylic acids is 1. The Labute approximate surface area is 113 Å². The van der Waals surface area contributed by atoms with Crippen LogP contribution in [0.25, 0.3) is 0 Å². The number of carbonyl (C=O) groups is 1. The summed E-state index contributed by atoms with van der Waals surface area (Å²) in [5, 5.41) is 22.8. The number of nitrogens with zero attached hydrogens (tertiary/aromatic N) is 3. The van der Waals surface area contributed by atoms with Gasteiger partial charge in [-0.3, -0.25) is 0 Å². The molecule has 7 heteroatoms. The van der Waals surface area contributed by atoms with Gasteiger partial charge in [0.1, 0.15) is 5.82 Å². The van der Waals surface area contributed by atoms with E-state index in [1.807, 2.05) is 6.07 Å². The molecule has 0 saturated heterocycles. The highest BCUT2D eigenvalue weighted by Crippen LogP contribution is 2.11. The van der Waals surface area contributed by atoms with Gasteiger partial charge in [-0.25, -0.2) is 14.8 Å². The van der Waals surface area contributed by atoms with Crippen molar-refractivity contribution in [1.82, 2.24) is 9.97 Å². The Morgan fingerprint density at radius 2 is 2.42 bits per heavy atom. The monoisotopic (exact) mass is 274 g/mol. The zero-order chi connectivity index (χ0) is 13.7. The summed E-state index contributed by atoms with van der Waals surface area (Å²) >= 11 is 1.32. The molecule has 0 saturated carbocycles. The lowest BCUT2D eigenvalue weighted by atomic mass is 10.3. The van der Waals surface area contributed by atoms with Crippen molar-refractivity contribution in [2.45, 2.75) is 6.42 Å². The second kappa shape index (κ2) is 5.93. The molecule has 0 aliphatic carbocycles. The molecular formula is C12H10N4O2S. The average Bonchev–Trinajstić information content (AvgIpc) is 2.88. The Morgan fingerprint density at radius 1 is 1.58 bits per heavy atom. The number of hydrogen-bond acceptors (Lipinski definition) is 6. The number of nitrogens with one attached hydrogen (secondary N) is 1. The predicted octanol–water partition coefficient (Wildman–Crippen LogP) is 1.76. The minimum Gasteiger partial charge on any atom is -0.476 e. The molecule has 2 heterocycles. The van der Waals surface area contributed by atoms with E-state index in [2.05, 4.69) is 15.3 Å². The lowest BCUT2D eigenvalue weighted by molar-refractivity contribution is 0.0691. The van der Waals surface area contributed by atoms with Crippen LogP contribution in [-0.2, 0) is 6.42 Å². The number of rotatable bonds is 5. The second-order valence-electron chi connectivity index (χ2n) is 3.65. The molecule has 6 nitrogen and oxygen atoms in total. The van der Waals surface area contributed by atoms with E-state index >= 15 is 0 Å². The molecule has 0 bridgehead atoms. The first kappa shape index (κ1) is 13.0. The summed E-state index contributed by atoms with van der Waals surface area (Å²) in [6.45, 7) is 0.578. The molecule has 0 amide bonds. The van der Waals surface area contributed by atoms with Crippen LogP contribution >= 0.6 is 11.3 Å². The van der Waals surface area contributed by atoms with Crippen molar-refractivity contribution in [2.75, 3.05) is 11.9 Å². The number of nitriles is 1. The smallest absolute Gasteiger partial charge is 0.355 e. The third kappa shape index (κ3) is 3.50. The average molecular weight is 274 g/mol. The van der Waals surface area contributed by atoms with Gasteiger partial charge in [-0.15, -0.1) is 11.3 Å². The third-order valence-electron chi connectivity index (χ3n) is 2.30. The number of aromatic carboxylic acids is 1. The van der Waals surface area contributed by atoms with Crippen LogP contribution < -0.4 is 5.32 Å². The van der Waals surface area contributed by atoms with E-state index in [9.17, 15) is 4.79 Å². The molecule has 0 unspecified atom stereocenters. The van der Waals surface area contributed by atoms with Crippen molar-refractivity contribution in [3.05, 3.63) is 40.0 Å². The van der Waals surface area contributed by atoms with E-state index in [4.69, 9.17) is 10.4 Å². The molecule has 0 aromatic carbocycles. The summed E-state index contributed by atoms with van der Waals surface area (Å²) in [5.41, 5.74) is 0.615. The number of hydrogen-bond donors (Lipinski definition) is 2. The van der Waals surface area contributed by atoms with E-state index in [1.165, 1.54) is 16.7 Å². The van der Waals surface area contributed by atoms with Crippen molar-refractivity contribution in [1.29, 1.82) is 5.26 Å². The topological polar surface area (TPSA) is 98.9 Å². The van der Waals surface area contributed by atoms with E-state index in [1.54, 1.807) is 18.3 Å². The fourth-order valence-electron chi connectivity index (χ4n) is 1.42. The van der Waals surface area contributed by atoms with Crippen LogP contribution in [0.2, 0.25) is 0 Å². The Hall–Kier alpha value is -2.46. The number of aromatic nitrogens is 2. The van der Waals surface area contributed by atoms with Crippen molar-refractivity contribution in [3.8, 4) is 6.07 Å². The van der Waals surface area contributed by atoms with Crippen molar-refractivity contribution >= 4 is 23.1 Å². The highest BCUT2D eigenvalue weighted by molar-refractivity contribution is 7.09. The zero-order valence-electron chi connectivity index (χ0n) is 9.83. The molecule has 0 radical (unpaired) electrons. The Kier molecular flexibility index (Phi) is 4.05. The van der Waals surface area contributed by atoms with Crippen LogP contribution in [0.15, 0.2) is 23.7 Å². The lowest BCUT2D eigenvalue weighted by Crippen LogP contribution is -2.06. The first-order valence-corrected chi connectivity index (χ1v) is 6.34. The van der Waals surface area contributed by atoms with Crippen molar-refractivity contribution in [3.63, 3.8) is 0 Å². The van der Waals surface area contributed by atoms with Gasteiger partial charge in [0.2, 0.25) is 0 Å². The van der Waals surface area contributed by atoms with Crippen molar-refractivity contribution < 1.29 is 9.90 Å². The number of anilines is 1. The SMILES string of the molecule is N#Cc1ccnc(NCCc2nc(C(=O)O)cs2)c1. The minimum atomic E-state index is -1.01. The summed E-state index contributed by atoms with van der Waals surface area (Å²) in [5.74, 6) is -0.395. The van der Waals surface area contributed by atoms with Gasteiger partial charge in [0.25, 0.3) is 0 Å². The molecule has 0 atom stereocenters. The first-order chi connectivity index (χ1) is 9.19. The quantitative estimate of drug-likeness (QED) is 0.862. The molecular weight excluding hydrogens is 264 g/mol. The van der Waals surface area contributed by atoms with Crippen LogP contribution in [0.1, 0.15) is 21.1 Å². The maximum absolute atomic E-state index is 10.7. The highest BCUT2D eigenvalue weighted by atomic mass is 32.1. The lowest BCUT2D eigenvalue weighted by Gasteiger charge is -2.03. The second-order valence-corrected chi connectivity index (χ2v) is 4.59. The van der Waals surface area contributed by atoms with Gasteiger partial charge in [0, 0.05) is 24.5 Å². The van der Waals surface area contributed by atoms with Gasteiger partial charge in [-0.05, 0) is 12.1 Å². The summed E-state index contributed by atoms with van der Waals surface area (Å²) in [7, 11) is 0. The molecule has 2 aromatic heterocycles. The van der Waals surface area contributed by atoms with E-state index in [-0.39, 0.29) is 5.69 Å². The largest absolute Gasteiger partial charge is 0.476 e. The highest BCUT2D eigenvalue weighted by Gasteiger charge is 2.08. The summed E-state index contributed by atoms with van der Waals surface area (Å²) in [6.07, 6.45) is 2.17. The van der Waals surface area contributed by atoms with Gasteiger partial charge in [0.05, 0.1) is 16.6 Å². The maximum Gasteiger partial charge on any atom is 0.355 e. The Bertz CT molecular complexity index is 633.